The van der Waals surface area contributed by atoms with Crippen molar-refractivity contribution in [2.75, 3.05) is 0 Å². The van der Waals surface area contributed by atoms with Crippen LogP contribution < -0.4 is 0 Å². The number of aryl methyl sites for hydroxylation is 1. The Morgan fingerprint density at radius 1 is 1.25 bits per heavy atom. The quantitative estimate of drug-likeness (QED) is 0.584. The van der Waals surface area contributed by atoms with Crippen LogP contribution in [0.3, 0.4) is 0 Å². The van der Waals surface area contributed by atoms with Crippen LogP contribution in [0.1, 0.15) is 17.4 Å². The number of hydrogen-bond acceptors (Lipinski definition) is 2. The summed E-state index contributed by atoms with van der Waals surface area (Å²) in [6.45, 7) is 1.61. The largest absolute Gasteiger partial charge is 0.333 e. The number of carbonyl (C=O) groups excluding carboxylic acids is 1. The molecule has 1 aromatic carbocycles. The molecule has 0 N–H and O–H groups in total. The van der Waals surface area contributed by atoms with Gasteiger partial charge in [-0.1, -0.05) is 18.2 Å². The van der Waals surface area contributed by atoms with Gasteiger partial charge in [0.1, 0.15) is 4.83 Å². The first-order valence-electron chi connectivity index (χ1n) is 5.16. The standard InChI is InChI=1S/C13H11NOS/c1-8(15)11-7-10-9-5-3-4-6-12(9)16-13(10)14(11)2/h3-7H,1-2H3. The zero-order valence-electron chi connectivity index (χ0n) is 9.15. The fourth-order valence-corrected chi connectivity index (χ4v) is 3.28. The topological polar surface area (TPSA) is 22.0 Å². The Balaban J connectivity index is 2.48. The van der Waals surface area contributed by atoms with E-state index in [1.807, 2.05) is 29.8 Å². The van der Waals surface area contributed by atoms with Crippen molar-refractivity contribution in [2.45, 2.75) is 6.92 Å². The summed E-state index contributed by atoms with van der Waals surface area (Å²) < 4.78 is 3.26. The third kappa shape index (κ3) is 1.15. The number of aromatic nitrogens is 1. The molecule has 0 aliphatic rings. The van der Waals surface area contributed by atoms with E-state index in [-0.39, 0.29) is 5.78 Å². The minimum absolute atomic E-state index is 0.120. The van der Waals surface area contributed by atoms with Gasteiger partial charge in [-0.05, 0) is 12.1 Å². The van der Waals surface area contributed by atoms with E-state index >= 15 is 0 Å². The van der Waals surface area contributed by atoms with Gasteiger partial charge in [-0.3, -0.25) is 4.79 Å². The highest BCUT2D eigenvalue weighted by atomic mass is 32.1. The highest BCUT2D eigenvalue weighted by molar-refractivity contribution is 7.25. The van der Waals surface area contributed by atoms with E-state index < -0.39 is 0 Å². The van der Waals surface area contributed by atoms with Gasteiger partial charge in [0, 0.05) is 29.4 Å². The van der Waals surface area contributed by atoms with Crippen molar-refractivity contribution in [2.24, 2.45) is 7.05 Å². The summed E-state index contributed by atoms with van der Waals surface area (Å²) in [6, 6.07) is 10.3. The molecule has 3 heteroatoms. The van der Waals surface area contributed by atoms with E-state index in [9.17, 15) is 4.79 Å². The smallest absolute Gasteiger partial charge is 0.176 e. The summed E-state index contributed by atoms with van der Waals surface area (Å²) in [7, 11) is 1.95. The maximum atomic E-state index is 11.5. The fourth-order valence-electron chi connectivity index (χ4n) is 2.12. The summed E-state index contributed by atoms with van der Waals surface area (Å²) in [4.78, 5) is 12.6. The van der Waals surface area contributed by atoms with Crippen molar-refractivity contribution in [3.63, 3.8) is 0 Å². The molecule has 0 bridgehead atoms. The number of ketones is 1. The van der Waals surface area contributed by atoms with Crippen LogP contribution in [0, 0.1) is 0 Å². The van der Waals surface area contributed by atoms with Gasteiger partial charge in [0.15, 0.2) is 5.78 Å². The second-order valence-electron chi connectivity index (χ2n) is 3.96. The zero-order chi connectivity index (χ0) is 11.3. The van der Waals surface area contributed by atoms with Crippen molar-refractivity contribution in [1.82, 2.24) is 4.57 Å². The molecule has 0 aliphatic heterocycles. The maximum Gasteiger partial charge on any atom is 0.176 e. The Bertz CT molecular complexity index is 705. The number of carbonyl (C=O) groups is 1. The molecule has 80 valence electrons. The fraction of sp³-hybridized carbons (Fsp3) is 0.154. The Labute approximate surface area is 97.1 Å². The molecule has 0 aliphatic carbocycles. The number of nitrogens with zero attached hydrogens (tertiary/aromatic N) is 1. The van der Waals surface area contributed by atoms with E-state index in [0.717, 1.165) is 5.69 Å². The summed E-state index contributed by atoms with van der Waals surface area (Å²) >= 11 is 1.74. The molecule has 2 aromatic heterocycles. The zero-order valence-corrected chi connectivity index (χ0v) is 9.97. The number of Topliss-reactive ketones (excluding diaryl/α,β-unsaturated/α-hetero) is 1. The molecule has 0 unspecified atom stereocenters. The molecule has 0 atom stereocenters. The van der Waals surface area contributed by atoms with Crippen LogP contribution in [-0.4, -0.2) is 10.4 Å². The summed E-state index contributed by atoms with van der Waals surface area (Å²) in [5.41, 5.74) is 0.784. The van der Waals surface area contributed by atoms with Crippen molar-refractivity contribution in [3.8, 4) is 0 Å². The third-order valence-electron chi connectivity index (χ3n) is 2.92. The lowest BCUT2D eigenvalue weighted by Crippen LogP contribution is -2.00. The van der Waals surface area contributed by atoms with Gasteiger partial charge < -0.3 is 4.57 Å². The first-order valence-corrected chi connectivity index (χ1v) is 5.98. The molecule has 2 nitrogen and oxygen atoms in total. The molecule has 2 heterocycles. The monoisotopic (exact) mass is 229 g/mol. The van der Waals surface area contributed by atoms with E-state index in [1.165, 1.54) is 20.3 Å². The molecule has 0 amide bonds. The Kier molecular flexibility index (Phi) is 1.91. The Morgan fingerprint density at radius 2 is 2.00 bits per heavy atom. The molecule has 0 saturated carbocycles. The predicted molar refractivity (Wildman–Crippen MR) is 68.3 cm³/mol. The molecular formula is C13H11NOS. The summed E-state index contributed by atoms with van der Waals surface area (Å²) in [5, 5.41) is 2.43. The average Bonchev–Trinajstić information content (AvgIpc) is 2.76. The maximum absolute atomic E-state index is 11.5. The second-order valence-corrected chi connectivity index (χ2v) is 4.99. The summed E-state index contributed by atoms with van der Waals surface area (Å²) in [5.74, 6) is 0.120. The minimum Gasteiger partial charge on any atom is -0.333 e. The van der Waals surface area contributed by atoms with Crippen molar-refractivity contribution < 1.29 is 4.79 Å². The van der Waals surface area contributed by atoms with Gasteiger partial charge in [-0.25, -0.2) is 0 Å². The number of hydrogen-bond donors (Lipinski definition) is 0. The van der Waals surface area contributed by atoms with E-state index in [0.29, 0.717) is 0 Å². The van der Waals surface area contributed by atoms with Gasteiger partial charge in [0.2, 0.25) is 0 Å². The first kappa shape index (κ1) is 9.60. The highest BCUT2D eigenvalue weighted by Crippen LogP contribution is 2.35. The van der Waals surface area contributed by atoms with Gasteiger partial charge in [0.05, 0.1) is 5.69 Å². The van der Waals surface area contributed by atoms with Gasteiger partial charge in [-0.15, -0.1) is 11.3 Å². The Hall–Kier alpha value is -1.61. The van der Waals surface area contributed by atoms with Crippen LogP contribution in [0.5, 0.6) is 0 Å². The van der Waals surface area contributed by atoms with Gasteiger partial charge >= 0.3 is 0 Å². The van der Waals surface area contributed by atoms with Crippen LogP contribution in [0.2, 0.25) is 0 Å². The average molecular weight is 229 g/mol. The van der Waals surface area contributed by atoms with Gasteiger partial charge in [0.25, 0.3) is 0 Å². The van der Waals surface area contributed by atoms with E-state index in [2.05, 4.69) is 12.1 Å². The Morgan fingerprint density at radius 3 is 2.75 bits per heavy atom. The molecule has 0 radical (unpaired) electrons. The lowest BCUT2D eigenvalue weighted by molar-refractivity contribution is 0.101. The van der Waals surface area contributed by atoms with Crippen LogP contribution in [0.4, 0.5) is 0 Å². The van der Waals surface area contributed by atoms with Crippen molar-refractivity contribution in [3.05, 3.63) is 36.0 Å². The van der Waals surface area contributed by atoms with Crippen LogP contribution in [0.25, 0.3) is 20.3 Å². The predicted octanol–water partition coefficient (Wildman–Crippen LogP) is 3.60. The van der Waals surface area contributed by atoms with Crippen molar-refractivity contribution >= 4 is 37.4 Å². The number of rotatable bonds is 1. The second kappa shape index (κ2) is 3.19. The molecular weight excluding hydrogens is 218 g/mol. The molecule has 3 rings (SSSR count). The van der Waals surface area contributed by atoms with Crippen LogP contribution in [-0.2, 0) is 7.05 Å². The van der Waals surface area contributed by atoms with E-state index in [1.54, 1.807) is 18.3 Å². The minimum atomic E-state index is 0.120. The van der Waals surface area contributed by atoms with Crippen molar-refractivity contribution in [1.29, 1.82) is 0 Å². The number of thiophene rings is 1. The lowest BCUT2D eigenvalue weighted by Gasteiger charge is -1.97. The lowest BCUT2D eigenvalue weighted by atomic mass is 10.2. The van der Waals surface area contributed by atoms with Crippen LogP contribution in [0.15, 0.2) is 30.3 Å². The molecule has 0 saturated heterocycles. The third-order valence-corrected chi connectivity index (χ3v) is 4.19. The number of fused-ring (bicyclic) bond motifs is 3. The molecule has 16 heavy (non-hydrogen) atoms. The number of benzene rings is 1. The first-order chi connectivity index (χ1) is 7.68. The molecule has 3 aromatic rings. The summed E-state index contributed by atoms with van der Waals surface area (Å²) in [6.07, 6.45) is 0. The van der Waals surface area contributed by atoms with E-state index in [4.69, 9.17) is 0 Å². The highest BCUT2D eigenvalue weighted by Gasteiger charge is 2.13. The van der Waals surface area contributed by atoms with Gasteiger partial charge in [-0.2, -0.15) is 0 Å². The normalized spacial score (nSPS) is 11.4. The van der Waals surface area contributed by atoms with Crippen LogP contribution >= 0.6 is 11.3 Å². The molecule has 0 spiro atoms. The molecule has 0 fully saturated rings. The SMILES string of the molecule is CC(=O)c1cc2c3ccccc3sc2n1C.